The van der Waals surface area contributed by atoms with E-state index in [2.05, 4.69) is 20.8 Å². The van der Waals surface area contributed by atoms with Gasteiger partial charge in [0.15, 0.2) is 0 Å². The Morgan fingerprint density at radius 3 is 2.63 bits per heavy atom. The van der Waals surface area contributed by atoms with Gasteiger partial charge in [-0.25, -0.2) is 0 Å². The smallest absolute Gasteiger partial charge is 0.260 e. The SMILES string of the molecule is CCC(C)CC(C)n1c(N)cc2ccccc2c1=O. The number of hydrogen-bond acceptors (Lipinski definition) is 2. The minimum absolute atomic E-state index is 0.0198. The van der Waals surface area contributed by atoms with Crippen molar-refractivity contribution in [2.24, 2.45) is 5.92 Å². The largest absolute Gasteiger partial charge is 0.385 e. The number of nitrogens with two attached hydrogens (primary N) is 1. The molecule has 2 unspecified atom stereocenters. The van der Waals surface area contributed by atoms with Gasteiger partial charge in [-0.05, 0) is 36.8 Å². The van der Waals surface area contributed by atoms with Crippen molar-refractivity contribution in [1.29, 1.82) is 0 Å². The molecule has 0 aliphatic heterocycles. The molecule has 2 N–H and O–H groups in total. The van der Waals surface area contributed by atoms with Crippen LogP contribution < -0.4 is 11.3 Å². The lowest BCUT2D eigenvalue weighted by molar-refractivity contribution is 0.396. The van der Waals surface area contributed by atoms with Gasteiger partial charge in [0.25, 0.3) is 5.56 Å². The molecule has 0 bridgehead atoms. The van der Waals surface area contributed by atoms with E-state index in [1.54, 1.807) is 4.57 Å². The molecule has 0 fully saturated rings. The van der Waals surface area contributed by atoms with Crippen molar-refractivity contribution in [2.45, 2.75) is 39.7 Å². The van der Waals surface area contributed by atoms with Crippen LogP contribution in [0.2, 0.25) is 0 Å². The summed E-state index contributed by atoms with van der Waals surface area (Å²) >= 11 is 0. The lowest BCUT2D eigenvalue weighted by Crippen LogP contribution is -2.26. The molecule has 19 heavy (non-hydrogen) atoms. The van der Waals surface area contributed by atoms with Crippen LogP contribution in [0, 0.1) is 5.92 Å². The summed E-state index contributed by atoms with van der Waals surface area (Å²) in [5.74, 6) is 1.15. The molecule has 3 heteroatoms. The Bertz CT molecular complexity index is 630. The van der Waals surface area contributed by atoms with Gasteiger partial charge in [0, 0.05) is 11.4 Å². The van der Waals surface area contributed by atoms with E-state index in [1.807, 2.05) is 30.3 Å². The predicted molar refractivity (Wildman–Crippen MR) is 81.4 cm³/mol. The van der Waals surface area contributed by atoms with Crippen molar-refractivity contribution in [3.63, 3.8) is 0 Å². The summed E-state index contributed by atoms with van der Waals surface area (Å²) < 4.78 is 1.73. The molecule has 0 spiro atoms. The van der Waals surface area contributed by atoms with Gasteiger partial charge in [0.1, 0.15) is 5.82 Å². The molecule has 0 amide bonds. The number of hydrogen-bond donors (Lipinski definition) is 1. The molecule has 1 aromatic carbocycles. The first-order valence-corrected chi connectivity index (χ1v) is 6.94. The van der Waals surface area contributed by atoms with Crippen LogP contribution >= 0.6 is 0 Å². The molecule has 0 aliphatic carbocycles. The Morgan fingerprint density at radius 2 is 1.95 bits per heavy atom. The van der Waals surface area contributed by atoms with Gasteiger partial charge in [0.2, 0.25) is 0 Å². The second kappa shape index (κ2) is 5.47. The summed E-state index contributed by atoms with van der Waals surface area (Å²) in [6, 6.07) is 9.63. The van der Waals surface area contributed by atoms with Crippen LogP contribution in [0.4, 0.5) is 5.82 Å². The minimum atomic E-state index is 0.0198. The summed E-state index contributed by atoms with van der Waals surface area (Å²) in [6.45, 7) is 6.45. The normalized spacial score (nSPS) is 14.5. The zero-order chi connectivity index (χ0) is 14.0. The van der Waals surface area contributed by atoms with Crippen LogP contribution in [0.5, 0.6) is 0 Å². The van der Waals surface area contributed by atoms with Gasteiger partial charge in [-0.15, -0.1) is 0 Å². The Kier molecular flexibility index (Phi) is 3.93. The van der Waals surface area contributed by atoms with Gasteiger partial charge < -0.3 is 5.73 Å². The van der Waals surface area contributed by atoms with Gasteiger partial charge in [-0.2, -0.15) is 0 Å². The van der Waals surface area contributed by atoms with Crippen molar-refractivity contribution in [1.82, 2.24) is 4.57 Å². The lowest BCUT2D eigenvalue weighted by Gasteiger charge is -2.21. The summed E-state index contributed by atoms with van der Waals surface area (Å²) in [6.07, 6.45) is 2.09. The van der Waals surface area contributed by atoms with E-state index in [0.717, 1.165) is 23.6 Å². The molecular weight excluding hydrogens is 236 g/mol. The number of rotatable bonds is 4. The molecule has 2 rings (SSSR count). The zero-order valence-corrected chi connectivity index (χ0v) is 11.9. The van der Waals surface area contributed by atoms with Gasteiger partial charge in [-0.1, -0.05) is 38.5 Å². The molecule has 102 valence electrons. The average Bonchev–Trinajstić information content (AvgIpc) is 2.38. The van der Waals surface area contributed by atoms with Crippen molar-refractivity contribution in [3.8, 4) is 0 Å². The molecule has 0 radical (unpaired) electrons. The summed E-state index contributed by atoms with van der Waals surface area (Å²) in [5, 5.41) is 1.66. The third-order valence-electron chi connectivity index (χ3n) is 3.87. The Hall–Kier alpha value is -1.77. The average molecular weight is 258 g/mol. The fourth-order valence-corrected chi connectivity index (χ4v) is 2.60. The van der Waals surface area contributed by atoms with E-state index >= 15 is 0 Å². The number of aromatic nitrogens is 1. The van der Waals surface area contributed by atoms with Crippen molar-refractivity contribution < 1.29 is 0 Å². The van der Waals surface area contributed by atoms with E-state index in [-0.39, 0.29) is 11.6 Å². The molecule has 0 saturated heterocycles. The van der Waals surface area contributed by atoms with Crippen molar-refractivity contribution in [3.05, 3.63) is 40.7 Å². The van der Waals surface area contributed by atoms with Gasteiger partial charge in [-0.3, -0.25) is 9.36 Å². The van der Waals surface area contributed by atoms with Gasteiger partial charge in [0.05, 0.1) is 0 Å². The standard InChI is InChI=1S/C16H22N2O/c1-4-11(2)9-12(3)18-15(17)10-13-7-5-6-8-14(13)16(18)19/h5-8,10-12H,4,9,17H2,1-3H3. The summed E-state index contributed by atoms with van der Waals surface area (Å²) in [5.41, 5.74) is 6.09. The quantitative estimate of drug-likeness (QED) is 0.911. The molecule has 1 heterocycles. The highest BCUT2D eigenvalue weighted by Crippen LogP contribution is 2.22. The lowest BCUT2D eigenvalue weighted by atomic mass is 10.00. The number of fused-ring (bicyclic) bond motifs is 1. The third kappa shape index (κ3) is 2.65. The van der Waals surface area contributed by atoms with E-state index in [4.69, 9.17) is 5.73 Å². The van der Waals surface area contributed by atoms with Crippen LogP contribution in [0.3, 0.4) is 0 Å². The van der Waals surface area contributed by atoms with Crippen molar-refractivity contribution >= 4 is 16.6 Å². The number of nitrogen functional groups attached to an aromatic ring is 1. The van der Waals surface area contributed by atoms with Crippen LogP contribution in [0.15, 0.2) is 35.1 Å². The molecule has 0 saturated carbocycles. The van der Waals surface area contributed by atoms with E-state index < -0.39 is 0 Å². The van der Waals surface area contributed by atoms with Crippen molar-refractivity contribution in [2.75, 3.05) is 5.73 Å². The van der Waals surface area contributed by atoms with Gasteiger partial charge >= 0.3 is 0 Å². The third-order valence-corrected chi connectivity index (χ3v) is 3.87. The molecule has 0 aliphatic rings. The first-order chi connectivity index (χ1) is 9.04. The molecule has 2 aromatic rings. The monoisotopic (exact) mass is 258 g/mol. The van der Waals surface area contributed by atoms with E-state index in [0.29, 0.717) is 11.7 Å². The molecule has 2 atom stereocenters. The van der Waals surface area contributed by atoms with E-state index in [1.165, 1.54) is 0 Å². The fourth-order valence-electron chi connectivity index (χ4n) is 2.60. The Balaban J connectivity index is 2.51. The number of pyridine rings is 1. The Labute approximate surface area is 114 Å². The first-order valence-electron chi connectivity index (χ1n) is 6.94. The van der Waals surface area contributed by atoms with Crippen LogP contribution in [-0.2, 0) is 0 Å². The highest BCUT2D eigenvalue weighted by molar-refractivity contribution is 5.83. The number of benzene rings is 1. The highest BCUT2D eigenvalue weighted by atomic mass is 16.1. The fraction of sp³-hybridized carbons (Fsp3) is 0.438. The predicted octanol–water partition coefficient (Wildman–Crippen LogP) is 3.58. The van der Waals surface area contributed by atoms with Crippen LogP contribution in [0.1, 0.15) is 39.7 Å². The van der Waals surface area contributed by atoms with E-state index in [9.17, 15) is 4.79 Å². The molecule has 3 nitrogen and oxygen atoms in total. The molecular formula is C16H22N2O. The minimum Gasteiger partial charge on any atom is -0.385 e. The van der Waals surface area contributed by atoms with Crippen LogP contribution in [-0.4, -0.2) is 4.57 Å². The highest BCUT2D eigenvalue weighted by Gasteiger charge is 2.14. The Morgan fingerprint density at radius 1 is 1.26 bits per heavy atom. The summed E-state index contributed by atoms with van der Waals surface area (Å²) in [4.78, 5) is 12.5. The maximum Gasteiger partial charge on any atom is 0.260 e. The maximum atomic E-state index is 12.5. The first kappa shape index (κ1) is 13.7. The van der Waals surface area contributed by atoms with Crippen LogP contribution in [0.25, 0.3) is 10.8 Å². The summed E-state index contributed by atoms with van der Waals surface area (Å²) in [7, 11) is 0. The molecule has 1 aromatic heterocycles. The topological polar surface area (TPSA) is 48.0 Å². The second-order valence-electron chi connectivity index (χ2n) is 5.43. The zero-order valence-electron chi connectivity index (χ0n) is 11.9. The number of anilines is 1. The number of nitrogens with zero attached hydrogens (tertiary/aromatic N) is 1. The second-order valence-corrected chi connectivity index (χ2v) is 5.43. The maximum absolute atomic E-state index is 12.5.